The fourth-order valence-electron chi connectivity index (χ4n) is 2.36. The normalized spacial score (nSPS) is 20.5. The number of carbonyl (C=O) groups excluding carboxylic acids is 3. The minimum absolute atomic E-state index is 0.000963. The maximum atomic E-state index is 12.3. The van der Waals surface area contributed by atoms with Crippen molar-refractivity contribution < 1.29 is 19.1 Å². The molecule has 1 saturated heterocycles. The van der Waals surface area contributed by atoms with Crippen molar-refractivity contribution in [2.24, 2.45) is 0 Å². The van der Waals surface area contributed by atoms with Crippen molar-refractivity contribution in [2.45, 2.75) is 70.8 Å². The molecule has 0 saturated carbocycles. The summed E-state index contributed by atoms with van der Waals surface area (Å²) in [7, 11) is 0. The molecule has 0 aliphatic carbocycles. The Bertz CT molecular complexity index is 416. The molecule has 0 N–H and O–H groups in total. The zero-order valence-corrected chi connectivity index (χ0v) is 14.3. The van der Waals surface area contributed by atoms with Crippen LogP contribution in [-0.2, 0) is 19.1 Å². The number of amides is 1. The van der Waals surface area contributed by atoms with Crippen molar-refractivity contribution in [1.82, 2.24) is 4.90 Å². The molecule has 120 valence electrons. The number of carbonyl (C=O) groups is 3. The molecule has 21 heavy (non-hydrogen) atoms. The van der Waals surface area contributed by atoms with Gasteiger partial charge in [-0.2, -0.15) is 0 Å². The second-order valence-electron chi connectivity index (χ2n) is 6.32. The van der Waals surface area contributed by atoms with Crippen LogP contribution in [0.4, 0.5) is 0 Å². The fourth-order valence-corrected chi connectivity index (χ4v) is 3.29. The van der Waals surface area contributed by atoms with E-state index in [1.807, 2.05) is 27.7 Å². The first-order chi connectivity index (χ1) is 9.64. The van der Waals surface area contributed by atoms with E-state index in [4.69, 9.17) is 4.74 Å². The van der Waals surface area contributed by atoms with Gasteiger partial charge in [-0.05, 0) is 27.2 Å². The van der Waals surface area contributed by atoms with Gasteiger partial charge in [0.2, 0.25) is 5.91 Å². The summed E-state index contributed by atoms with van der Waals surface area (Å²) in [5.41, 5.74) is -0.570. The van der Waals surface area contributed by atoms with Crippen molar-refractivity contribution in [2.75, 3.05) is 6.54 Å². The molecule has 1 aliphatic rings. The third kappa shape index (κ3) is 5.69. The van der Waals surface area contributed by atoms with Gasteiger partial charge in [0.25, 0.3) is 0 Å². The van der Waals surface area contributed by atoms with E-state index in [1.54, 1.807) is 4.90 Å². The number of likely N-dealkylation sites (tertiary alicyclic amines) is 1. The van der Waals surface area contributed by atoms with Gasteiger partial charge in [0.15, 0.2) is 5.12 Å². The quantitative estimate of drug-likeness (QED) is 0.729. The largest absolute Gasteiger partial charge is 0.458 e. The van der Waals surface area contributed by atoms with Crippen LogP contribution in [0.1, 0.15) is 53.9 Å². The van der Waals surface area contributed by atoms with E-state index in [0.29, 0.717) is 19.4 Å². The maximum absolute atomic E-state index is 12.3. The zero-order chi connectivity index (χ0) is 16.2. The topological polar surface area (TPSA) is 63.7 Å². The molecule has 6 heteroatoms. The summed E-state index contributed by atoms with van der Waals surface area (Å²) in [5, 5.41) is -0.0595. The number of nitrogens with zero attached hydrogens (tertiary/aromatic N) is 1. The van der Waals surface area contributed by atoms with Crippen LogP contribution in [0.2, 0.25) is 0 Å². The van der Waals surface area contributed by atoms with Crippen LogP contribution in [0, 0.1) is 0 Å². The van der Waals surface area contributed by atoms with Gasteiger partial charge in [-0.1, -0.05) is 25.1 Å². The lowest BCUT2D eigenvalue weighted by atomic mass is 10.1. The lowest BCUT2D eigenvalue weighted by Gasteiger charge is -2.29. The summed E-state index contributed by atoms with van der Waals surface area (Å²) >= 11 is 1.18. The molecule has 0 radical (unpaired) electrons. The smallest absolute Gasteiger partial charge is 0.329 e. The average Bonchev–Trinajstić information content (AvgIpc) is 2.63. The molecule has 0 aromatic rings. The van der Waals surface area contributed by atoms with Gasteiger partial charge in [0.05, 0.1) is 0 Å². The molecule has 2 atom stereocenters. The van der Waals surface area contributed by atoms with Crippen molar-refractivity contribution in [3.05, 3.63) is 0 Å². The summed E-state index contributed by atoms with van der Waals surface area (Å²) < 4.78 is 5.42. The van der Waals surface area contributed by atoms with Crippen molar-refractivity contribution >= 4 is 28.8 Å². The number of esters is 1. The standard InChI is InChI=1S/C15H25NO4S/c1-6-7-12(14(19)20-15(3,4)5)16-9-11(8-13(16)18)21-10(2)17/h11-12H,6-9H2,1-5H3. The molecule has 1 amide bonds. The number of hydrogen-bond acceptors (Lipinski definition) is 5. The van der Waals surface area contributed by atoms with E-state index in [1.165, 1.54) is 18.7 Å². The summed E-state index contributed by atoms with van der Waals surface area (Å²) in [6.45, 7) is 9.35. The third-order valence-corrected chi connectivity index (χ3v) is 4.05. The minimum Gasteiger partial charge on any atom is -0.458 e. The predicted octanol–water partition coefficient (Wildman–Crippen LogP) is 2.38. The van der Waals surface area contributed by atoms with Crippen LogP contribution in [-0.4, -0.2) is 45.3 Å². The highest BCUT2D eigenvalue weighted by Gasteiger charge is 2.39. The first kappa shape index (κ1) is 18.0. The SMILES string of the molecule is CCCC(C(=O)OC(C)(C)C)N1CC(SC(C)=O)CC1=O. The molecule has 0 spiro atoms. The van der Waals surface area contributed by atoms with E-state index in [2.05, 4.69) is 0 Å². The maximum Gasteiger partial charge on any atom is 0.329 e. The van der Waals surface area contributed by atoms with Gasteiger partial charge in [-0.3, -0.25) is 9.59 Å². The highest BCUT2D eigenvalue weighted by atomic mass is 32.2. The number of hydrogen-bond donors (Lipinski definition) is 0. The Balaban J connectivity index is 2.78. The zero-order valence-electron chi connectivity index (χ0n) is 13.5. The van der Waals surface area contributed by atoms with Crippen molar-refractivity contribution in [3.63, 3.8) is 0 Å². The summed E-state index contributed by atoms with van der Waals surface area (Å²) in [4.78, 5) is 37.2. The molecular weight excluding hydrogens is 290 g/mol. The number of ether oxygens (including phenoxy) is 1. The lowest BCUT2D eigenvalue weighted by molar-refractivity contribution is -0.164. The molecule has 2 unspecified atom stereocenters. The summed E-state index contributed by atoms with van der Waals surface area (Å²) in [6, 6.07) is -0.542. The molecule has 1 rings (SSSR count). The monoisotopic (exact) mass is 315 g/mol. The van der Waals surface area contributed by atoms with E-state index < -0.39 is 11.6 Å². The molecule has 1 heterocycles. The Kier molecular flexibility index (Phi) is 6.25. The first-order valence-electron chi connectivity index (χ1n) is 7.33. The van der Waals surface area contributed by atoms with Gasteiger partial charge < -0.3 is 9.64 Å². The third-order valence-electron chi connectivity index (χ3n) is 3.07. The van der Waals surface area contributed by atoms with Gasteiger partial charge >= 0.3 is 5.97 Å². The van der Waals surface area contributed by atoms with Gasteiger partial charge in [0, 0.05) is 25.1 Å². The van der Waals surface area contributed by atoms with Crippen molar-refractivity contribution in [3.8, 4) is 0 Å². The second-order valence-corrected chi connectivity index (χ2v) is 7.80. The Morgan fingerprint density at radius 2 is 2.05 bits per heavy atom. The van der Waals surface area contributed by atoms with Crippen LogP contribution < -0.4 is 0 Å². The van der Waals surface area contributed by atoms with Gasteiger partial charge in [0.1, 0.15) is 11.6 Å². The molecule has 0 aromatic carbocycles. The second kappa shape index (κ2) is 7.29. The van der Waals surface area contributed by atoms with E-state index in [-0.39, 0.29) is 22.2 Å². The van der Waals surface area contributed by atoms with Crippen molar-refractivity contribution in [1.29, 1.82) is 0 Å². The highest BCUT2D eigenvalue weighted by molar-refractivity contribution is 8.14. The van der Waals surface area contributed by atoms with E-state index >= 15 is 0 Å². The Hall–Kier alpha value is -1.04. The van der Waals surface area contributed by atoms with Crippen LogP contribution >= 0.6 is 11.8 Å². The van der Waals surface area contributed by atoms with Gasteiger partial charge in [-0.25, -0.2) is 4.79 Å². The van der Waals surface area contributed by atoms with E-state index in [9.17, 15) is 14.4 Å². The number of thioether (sulfide) groups is 1. The van der Waals surface area contributed by atoms with Crippen LogP contribution in [0.15, 0.2) is 0 Å². The highest BCUT2D eigenvalue weighted by Crippen LogP contribution is 2.27. The molecule has 5 nitrogen and oxygen atoms in total. The average molecular weight is 315 g/mol. The van der Waals surface area contributed by atoms with E-state index in [0.717, 1.165) is 6.42 Å². The molecule has 0 bridgehead atoms. The number of rotatable bonds is 5. The first-order valence-corrected chi connectivity index (χ1v) is 8.21. The Morgan fingerprint density at radius 3 is 2.52 bits per heavy atom. The Labute approximate surface area is 130 Å². The van der Waals surface area contributed by atoms with Crippen LogP contribution in [0.5, 0.6) is 0 Å². The molecule has 0 aromatic heterocycles. The lowest BCUT2D eigenvalue weighted by Crippen LogP contribution is -2.45. The summed E-state index contributed by atoms with van der Waals surface area (Å²) in [5.74, 6) is -0.427. The predicted molar refractivity (Wildman–Crippen MR) is 82.9 cm³/mol. The minimum atomic E-state index is -0.570. The Morgan fingerprint density at radius 1 is 1.43 bits per heavy atom. The fraction of sp³-hybridized carbons (Fsp3) is 0.800. The molecular formula is C15H25NO4S. The summed E-state index contributed by atoms with van der Waals surface area (Å²) in [6.07, 6.45) is 1.68. The van der Waals surface area contributed by atoms with Gasteiger partial charge in [-0.15, -0.1) is 0 Å². The van der Waals surface area contributed by atoms with Crippen LogP contribution in [0.25, 0.3) is 0 Å². The molecule has 1 aliphatic heterocycles. The van der Waals surface area contributed by atoms with Crippen LogP contribution in [0.3, 0.4) is 0 Å². The molecule has 1 fully saturated rings.